The molecule has 0 atom stereocenters. The first-order valence-electron chi connectivity index (χ1n) is 7.58. The fourth-order valence-electron chi connectivity index (χ4n) is 2.05. The maximum absolute atomic E-state index is 4.60. The Morgan fingerprint density at radius 3 is 2.73 bits per heavy atom. The highest BCUT2D eigenvalue weighted by atomic mass is 32.1. The van der Waals surface area contributed by atoms with Crippen LogP contribution in [0.1, 0.15) is 31.3 Å². The van der Waals surface area contributed by atoms with Crippen LogP contribution in [0.5, 0.6) is 0 Å². The Morgan fingerprint density at radius 2 is 2.09 bits per heavy atom. The van der Waals surface area contributed by atoms with E-state index < -0.39 is 0 Å². The van der Waals surface area contributed by atoms with Crippen LogP contribution in [0.15, 0.2) is 46.9 Å². The highest BCUT2D eigenvalue weighted by Gasteiger charge is 2.21. The van der Waals surface area contributed by atoms with E-state index in [2.05, 4.69) is 58.9 Å². The lowest BCUT2D eigenvalue weighted by molar-refractivity contribution is 0.518. The number of hydrogen-bond donors (Lipinski definition) is 2. The molecule has 5 heteroatoms. The smallest absolute Gasteiger partial charge is 0.191 e. The molecule has 0 unspecified atom stereocenters. The third kappa shape index (κ3) is 4.84. The van der Waals surface area contributed by atoms with E-state index in [1.165, 1.54) is 4.88 Å². The summed E-state index contributed by atoms with van der Waals surface area (Å²) in [7, 11) is 0. The number of aromatic nitrogens is 1. The van der Waals surface area contributed by atoms with Gasteiger partial charge in [0, 0.05) is 29.6 Å². The molecule has 2 aromatic heterocycles. The Kier molecular flexibility index (Phi) is 5.95. The first kappa shape index (κ1) is 16.5. The summed E-state index contributed by atoms with van der Waals surface area (Å²) >= 11 is 1.79. The summed E-state index contributed by atoms with van der Waals surface area (Å²) in [6.45, 7) is 8.81. The Morgan fingerprint density at radius 1 is 1.23 bits per heavy atom. The molecule has 0 amide bonds. The Hall–Kier alpha value is -1.88. The van der Waals surface area contributed by atoms with Crippen molar-refractivity contribution in [3.05, 3.63) is 52.5 Å². The molecule has 0 fully saturated rings. The number of nitrogens with one attached hydrogen (secondary N) is 2. The lowest BCUT2D eigenvalue weighted by Gasteiger charge is -2.25. The van der Waals surface area contributed by atoms with Crippen molar-refractivity contribution in [1.29, 1.82) is 0 Å². The van der Waals surface area contributed by atoms with Gasteiger partial charge in [-0.25, -0.2) is 4.99 Å². The summed E-state index contributed by atoms with van der Waals surface area (Å²) < 4.78 is 0. The lowest BCUT2D eigenvalue weighted by Crippen LogP contribution is -2.43. The third-order valence-corrected chi connectivity index (χ3v) is 4.59. The van der Waals surface area contributed by atoms with Crippen molar-refractivity contribution >= 4 is 17.3 Å². The zero-order valence-corrected chi connectivity index (χ0v) is 14.3. The Bertz CT molecular complexity index is 576. The topological polar surface area (TPSA) is 49.3 Å². The lowest BCUT2D eigenvalue weighted by atomic mass is 9.91. The number of aliphatic imine (C=N–C) groups is 1. The van der Waals surface area contributed by atoms with Crippen molar-refractivity contribution in [3.63, 3.8) is 0 Å². The Labute approximate surface area is 136 Å². The van der Waals surface area contributed by atoms with Gasteiger partial charge in [-0.3, -0.25) is 4.98 Å². The fourth-order valence-corrected chi connectivity index (χ4v) is 2.90. The third-order valence-electron chi connectivity index (χ3n) is 3.36. The van der Waals surface area contributed by atoms with E-state index in [9.17, 15) is 0 Å². The minimum absolute atomic E-state index is 0.0787. The van der Waals surface area contributed by atoms with Gasteiger partial charge in [0.2, 0.25) is 0 Å². The van der Waals surface area contributed by atoms with E-state index >= 15 is 0 Å². The van der Waals surface area contributed by atoms with Crippen LogP contribution in [-0.4, -0.2) is 24.0 Å². The van der Waals surface area contributed by atoms with Gasteiger partial charge in [0.25, 0.3) is 0 Å². The SMILES string of the molecule is CCNC(=NCc1ccccn1)NCC(C)(C)c1cccs1. The van der Waals surface area contributed by atoms with Crippen LogP contribution in [-0.2, 0) is 12.0 Å². The van der Waals surface area contributed by atoms with Crippen molar-refractivity contribution < 1.29 is 0 Å². The number of rotatable bonds is 6. The monoisotopic (exact) mass is 316 g/mol. The van der Waals surface area contributed by atoms with Gasteiger partial charge in [0.1, 0.15) is 0 Å². The predicted octanol–water partition coefficient (Wildman–Crippen LogP) is 3.18. The molecule has 0 saturated carbocycles. The van der Waals surface area contributed by atoms with Crippen LogP contribution >= 0.6 is 11.3 Å². The van der Waals surface area contributed by atoms with Gasteiger partial charge in [-0.2, -0.15) is 0 Å². The molecule has 0 aliphatic heterocycles. The van der Waals surface area contributed by atoms with Crippen LogP contribution in [0.25, 0.3) is 0 Å². The summed E-state index contributed by atoms with van der Waals surface area (Å²) in [4.78, 5) is 10.3. The van der Waals surface area contributed by atoms with Gasteiger partial charge in [-0.15, -0.1) is 11.3 Å². The molecule has 4 nitrogen and oxygen atoms in total. The minimum atomic E-state index is 0.0787. The maximum atomic E-state index is 4.60. The normalized spacial score (nSPS) is 12.2. The summed E-state index contributed by atoms with van der Waals surface area (Å²) in [5.41, 5.74) is 1.05. The second-order valence-electron chi connectivity index (χ2n) is 5.73. The average molecular weight is 316 g/mol. The fraction of sp³-hybridized carbons (Fsp3) is 0.412. The molecular weight excluding hydrogens is 292 g/mol. The minimum Gasteiger partial charge on any atom is -0.357 e. The van der Waals surface area contributed by atoms with Gasteiger partial charge in [-0.05, 0) is 30.5 Å². The molecule has 0 aromatic carbocycles. The molecular formula is C17H24N4S. The van der Waals surface area contributed by atoms with Crippen molar-refractivity contribution in [3.8, 4) is 0 Å². The molecule has 118 valence electrons. The van der Waals surface area contributed by atoms with Gasteiger partial charge in [0.05, 0.1) is 12.2 Å². The summed E-state index contributed by atoms with van der Waals surface area (Å²) in [5, 5.41) is 8.84. The quantitative estimate of drug-likeness (QED) is 0.636. The highest BCUT2D eigenvalue weighted by molar-refractivity contribution is 7.10. The van der Waals surface area contributed by atoms with E-state index in [4.69, 9.17) is 0 Å². The predicted molar refractivity (Wildman–Crippen MR) is 94.4 cm³/mol. The van der Waals surface area contributed by atoms with Crippen LogP contribution in [0.4, 0.5) is 0 Å². The molecule has 0 saturated heterocycles. The molecule has 2 heterocycles. The van der Waals surface area contributed by atoms with E-state index in [-0.39, 0.29) is 5.41 Å². The van der Waals surface area contributed by atoms with Crippen LogP contribution in [0.3, 0.4) is 0 Å². The molecule has 2 rings (SSSR count). The van der Waals surface area contributed by atoms with Crippen molar-refractivity contribution in [2.75, 3.05) is 13.1 Å². The second-order valence-corrected chi connectivity index (χ2v) is 6.68. The number of thiophene rings is 1. The number of hydrogen-bond acceptors (Lipinski definition) is 3. The number of guanidine groups is 1. The molecule has 22 heavy (non-hydrogen) atoms. The molecule has 0 spiro atoms. The molecule has 0 bridgehead atoms. The summed E-state index contributed by atoms with van der Waals surface area (Å²) in [5.74, 6) is 0.831. The van der Waals surface area contributed by atoms with Gasteiger partial charge < -0.3 is 10.6 Å². The summed E-state index contributed by atoms with van der Waals surface area (Å²) in [6, 6.07) is 10.2. The molecule has 2 aromatic rings. The maximum Gasteiger partial charge on any atom is 0.191 e. The Balaban J connectivity index is 1.96. The molecule has 0 radical (unpaired) electrons. The van der Waals surface area contributed by atoms with E-state index in [0.717, 1.165) is 24.7 Å². The van der Waals surface area contributed by atoms with Crippen molar-refractivity contribution in [1.82, 2.24) is 15.6 Å². The van der Waals surface area contributed by atoms with Crippen LogP contribution in [0.2, 0.25) is 0 Å². The van der Waals surface area contributed by atoms with Crippen LogP contribution < -0.4 is 10.6 Å². The van der Waals surface area contributed by atoms with Gasteiger partial charge >= 0.3 is 0 Å². The summed E-state index contributed by atoms with van der Waals surface area (Å²) in [6.07, 6.45) is 1.80. The molecule has 2 N–H and O–H groups in total. The number of pyridine rings is 1. The van der Waals surface area contributed by atoms with E-state index in [1.54, 1.807) is 17.5 Å². The second kappa shape index (κ2) is 7.94. The van der Waals surface area contributed by atoms with Gasteiger partial charge in [0.15, 0.2) is 5.96 Å². The average Bonchev–Trinajstić information content (AvgIpc) is 3.06. The first-order valence-corrected chi connectivity index (χ1v) is 8.46. The first-order chi connectivity index (χ1) is 10.6. The zero-order valence-electron chi connectivity index (χ0n) is 13.5. The van der Waals surface area contributed by atoms with Crippen LogP contribution in [0, 0.1) is 0 Å². The van der Waals surface area contributed by atoms with Gasteiger partial charge in [-0.1, -0.05) is 26.0 Å². The largest absolute Gasteiger partial charge is 0.357 e. The number of nitrogens with zero attached hydrogens (tertiary/aromatic N) is 2. The van der Waals surface area contributed by atoms with Crippen molar-refractivity contribution in [2.45, 2.75) is 32.7 Å². The molecule has 0 aliphatic carbocycles. The zero-order chi connectivity index (χ0) is 15.8. The highest BCUT2D eigenvalue weighted by Crippen LogP contribution is 2.26. The molecule has 0 aliphatic rings. The van der Waals surface area contributed by atoms with E-state index in [0.29, 0.717) is 6.54 Å². The van der Waals surface area contributed by atoms with Crippen molar-refractivity contribution in [2.24, 2.45) is 4.99 Å². The van der Waals surface area contributed by atoms with E-state index in [1.807, 2.05) is 18.2 Å². The standard InChI is InChI=1S/C17H24N4S/c1-4-18-16(20-12-14-8-5-6-10-19-14)21-13-17(2,3)15-9-7-11-22-15/h5-11H,4,12-13H2,1-3H3,(H2,18,20,21).